The molecule has 2 atom stereocenters. The van der Waals surface area contributed by atoms with E-state index < -0.39 is 5.60 Å². The quantitative estimate of drug-likeness (QED) is 0.597. The van der Waals surface area contributed by atoms with Crippen molar-refractivity contribution < 1.29 is 9.90 Å². The molecule has 0 heterocycles. The Labute approximate surface area is 73.0 Å². The maximum absolute atomic E-state index is 11.6. The van der Waals surface area contributed by atoms with Gasteiger partial charge in [0.05, 0.1) is 5.60 Å². The molecule has 2 nitrogen and oxygen atoms in total. The summed E-state index contributed by atoms with van der Waals surface area (Å²) in [5, 5.41) is 10.0. The Bertz CT molecular complexity index is 224. The lowest BCUT2D eigenvalue weighted by molar-refractivity contribution is -0.147. The second kappa shape index (κ2) is 2.32. The minimum atomic E-state index is -0.499. The maximum Gasteiger partial charge on any atom is 0.138 e. The topological polar surface area (TPSA) is 37.3 Å². The van der Waals surface area contributed by atoms with Gasteiger partial charge in [0, 0.05) is 11.8 Å². The first-order valence-electron chi connectivity index (χ1n) is 4.80. The predicted octanol–water partition coefficient (Wildman–Crippen LogP) is 1.66. The van der Waals surface area contributed by atoms with E-state index in [2.05, 4.69) is 0 Å². The Morgan fingerprint density at radius 1 is 1.33 bits per heavy atom. The van der Waals surface area contributed by atoms with Gasteiger partial charge in [0.2, 0.25) is 0 Å². The van der Waals surface area contributed by atoms with Crippen LogP contribution in [0.5, 0.6) is 0 Å². The summed E-state index contributed by atoms with van der Waals surface area (Å²) in [5.74, 6) is 0.367. The van der Waals surface area contributed by atoms with E-state index in [4.69, 9.17) is 0 Å². The third kappa shape index (κ3) is 1.09. The summed E-state index contributed by atoms with van der Waals surface area (Å²) in [6.07, 6.45) is 4.88. The van der Waals surface area contributed by atoms with Crippen LogP contribution in [0.3, 0.4) is 0 Å². The van der Waals surface area contributed by atoms with Crippen molar-refractivity contribution >= 4 is 5.78 Å². The highest BCUT2D eigenvalue weighted by atomic mass is 16.3. The Balaban J connectivity index is 2.26. The van der Waals surface area contributed by atoms with E-state index in [1.807, 2.05) is 6.92 Å². The van der Waals surface area contributed by atoms with Crippen LogP contribution in [0.1, 0.15) is 45.4 Å². The fourth-order valence-electron chi connectivity index (χ4n) is 2.81. The van der Waals surface area contributed by atoms with E-state index in [-0.39, 0.29) is 5.41 Å². The number of Topliss-reactive ketones (excluding diaryl/α,β-unsaturated/α-hetero) is 1. The average Bonchev–Trinajstić information content (AvgIpc) is 1.98. The highest BCUT2D eigenvalue weighted by Crippen LogP contribution is 2.48. The molecular weight excluding hydrogens is 152 g/mol. The van der Waals surface area contributed by atoms with Gasteiger partial charge in [-0.2, -0.15) is 0 Å². The Kier molecular flexibility index (Phi) is 1.59. The van der Waals surface area contributed by atoms with Gasteiger partial charge in [0.25, 0.3) is 0 Å². The van der Waals surface area contributed by atoms with Crippen molar-refractivity contribution in [2.24, 2.45) is 5.41 Å². The first-order chi connectivity index (χ1) is 5.54. The van der Waals surface area contributed by atoms with E-state index in [1.54, 1.807) is 0 Å². The van der Waals surface area contributed by atoms with E-state index in [0.29, 0.717) is 25.0 Å². The molecule has 2 heteroatoms. The molecule has 0 saturated heterocycles. The highest BCUT2D eigenvalue weighted by molar-refractivity contribution is 5.85. The number of hydrogen-bond donors (Lipinski definition) is 1. The van der Waals surface area contributed by atoms with Gasteiger partial charge in [-0.15, -0.1) is 0 Å². The fourth-order valence-corrected chi connectivity index (χ4v) is 2.81. The second-order valence-corrected chi connectivity index (χ2v) is 4.74. The fraction of sp³-hybridized carbons (Fsp3) is 0.900. The van der Waals surface area contributed by atoms with Crippen LogP contribution in [0.4, 0.5) is 0 Å². The molecule has 2 fully saturated rings. The number of carbonyl (C=O) groups is 1. The van der Waals surface area contributed by atoms with Crippen LogP contribution in [-0.2, 0) is 4.79 Å². The molecular formula is C10H16O2. The van der Waals surface area contributed by atoms with Crippen LogP contribution in [0.15, 0.2) is 0 Å². The molecule has 0 spiro atoms. The van der Waals surface area contributed by atoms with Crippen molar-refractivity contribution in [1.29, 1.82) is 0 Å². The number of rotatable bonds is 0. The monoisotopic (exact) mass is 168 g/mol. The first-order valence-corrected chi connectivity index (χ1v) is 4.80. The van der Waals surface area contributed by atoms with Gasteiger partial charge < -0.3 is 5.11 Å². The van der Waals surface area contributed by atoms with E-state index in [1.165, 1.54) is 0 Å². The van der Waals surface area contributed by atoms with E-state index in [0.717, 1.165) is 19.3 Å². The van der Waals surface area contributed by atoms with Gasteiger partial charge in [-0.25, -0.2) is 0 Å². The molecule has 0 aromatic heterocycles. The lowest BCUT2D eigenvalue weighted by atomic mass is 9.60. The van der Waals surface area contributed by atoms with Crippen molar-refractivity contribution in [2.75, 3.05) is 0 Å². The van der Waals surface area contributed by atoms with Crippen LogP contribution in [0.2, 0.25) is 0 Å². The zero-order valence-corrected chi connectivity index (χ0v) is 7.60. The summed E-state index contributed by atoms with van der Waals surface area (Å²) in [5.41, 5.74) is -0.688. The van der Waals surface area contributed by atoms with Gasteiger partial charge in [-0.3, -0.25) is 4.79 Å². The summed E-state index contributed by atoms with van der Waals surface area (Å²) in [7, 11) is 0. The van der Waals surface area contributed by atoms with Gasteiger partial charge in [-0.1, -0.05) is 6.92 Å². The van der Waals surface area contributed by atoms with Gasteiger partial charge >= 0.3 is 0 Å². The zero-order chi connectivity index (χ0) is 8.82. The first kappa shape index (κ1) is 8.24. The zero-order valence-electron chi connectivity index (χ0n) is 7.60. The van der Waals surface area contributed by atoms with Gasteiger partial charge in [0.1, 0.15) is 5.78 Å². The molecule has 2 aliphatic rings. The second-order valence-electron chi connectivity index (χ2n) is 4.74. The summed E-state index contributed by atoms with van der Waals surface area (Å²) in [4.78, 5) is 11.6. The van der Waals surface area contributed by atoms with Crippen LogP contribution >= 0.6 is 0 Å². The number of carbonyl (C=O) groups excluding carboxylic acids is 1. The Morgan fingerprint density at radius 3 is 2.75 bits per heavy atom. The molecule has 0 aromatic rings. The van der Waals surface area contributed by atoms with Crippen molar-refractivity contribution in [3.05, 3.63) is 0 Å². The van der Waals surface area contributed by atoms with Crippen LogP contribution in [-0.4, -0.2) is 16.5 Å². The molecule has 0 aliphatic heterocycles. The summed E-state index contributed by atoms with van der Waals surface area (Å²) in [6, 6.07) is 0. The Hall–Kier alpha value is -0.370. The molecule has 2 aliphatic carbocycles. The lowest BCUT2D eigenvalue weighted by Gasteiger charge is -2.46. The SMILES string of the molecule is CC12CCCC(O)(CCC1=O)C2. The van der Waals surface area contributed by atoms with Crippen molar-refractivity contribution in [3.8, 4) is 0 Å². The molecule has 68 valence electrons. The van der Waals surface area contributed by atoms with E-state index >= 15 is 0 Å². The summed E-state index contributed by atoms with van der Waals surface area (Å²) < 4.78 is 0. The van der Waals surface area contributed by atoms with Crippen LogP contribution < -0.4 is 0 Å². The smallest absolute Gasteiger partial charge is 0.138 e. The minimum Gasteiger partial charge on any atom is -0.390 e. The minimum absolute atomic E-state index is 0.189. The van der Waals surface area contributed by atoms with Gasteiger partial charge in [0.15, 0.2) is 0 Å². The molecule has 2 rings (SSSR count). The number of hydrogen-bond acceptors (Lipinski definition) is 2. The normalized spacial score (nSPS) is 47.7. The lowest BCUT2D eigenvalue weighted by Crippen LogP contribution is -2.48. The Morgan fingerprint density at radius 2 is 2.08 bits per heavy atom. The molecule has 2 bridgehead atoms. The summed E-state index contributed by atoms with van der Waals surface area (Å²) >= 11 is 0. The number of aliphatic hydroxyl groups is 1. The summed E-state index contributed by atoms with van der Waals surface area (Å²) in [6.45, 7) is 2.01. The molecule has 1 N–H and O–H groups in total. The third-order valence-electron chi connectivity index (χ3n) is 3.58. The molecule has 2 saturated carbocycles. The van der Waals surface area contributed by atoms with Gasteiger partial charge in [-0.05, 0) is 32.1 Å². The van der Waals surface area contributed by atoms with Crippen LogP contribution in [0, 0.1) is 5.41 Å². The number of fused-ring (bicyclic) bond motifs is 2. The molecule has 0 radical (unpaired) electrons. The predicted molar refractivity (Wildman–Crippen MR) is 45.8 cm³/mol. The number of ketones is 1. The maximum atomic E-state index is 11.6. The van der Waals surface area contributed by atoms with Crippen LogP contribution in [0.25, 0.3) is 0 Å². The van der Waals surface area contributed by atoms with E-state index in [9.17, 15) is 9.90 Å². The molecule has 0 amide bonds. The third-order valence-corrected chi connectivity index (χ3v) is 3.58. The van der Waals surface area contributed by atoms with Crippen molar-refractivity contribution in [3.63, 3.8) is 0 Å². The standard InChI is InChI=1S/C10H16O2/c1-9-4-2-5-10(12,7-9)6-3-8(9)11/h12H,2-7H2,1H3. The molecule has 0 aromatic carbocycles. The molecule has 12 heavy (non-hydrogen) atoms. The largest absolute Gasteiger partial charge is 0.390 e. The molecule has 2 unspecified atom stereocenters. The average molecular weight is 168 g/mol. The highest BCUT2D eigenvalue weighted by Gasteiger charge is 2.48. The van der Waals surface area contributed by atoms with Crippen molar-refractivity contribution in [1.82, 2.24) is 0 Å². The van der Waals surface area contributed by atoms with Crippen molar-refractivity contribution in [2.45, 2.75) is 51.0 Å².